The molecule has 38 heavy (non-hydrogen) atoms. The van der Waals surface area contributed by atoms with Gasteiger partial charge in [-0.1, -0.05) is 69.0 Å². The Kier molecular flexibility index (Phi) is 11.5. The van der Waals surface area contributed by atoms with Crippen molar-refractivity contribution >= 4 is 28.0 Å². The minimum absolute atomic E-state index is 0.000621. The van der Waals surface area contributed by atoms with Crippen LogP contribution in [0, 0.1) is 0 Å². The molecule has 5 nitrogen and oxygen atoms in total. The van der Waals surface area contributed by atoms with E-state index < -0.39 is 18.2 Å². The van der Waals surface area contributed by atoms with Crippen LogP contribution in [0.2, 0.25) is 0 Å². The van der Waals surface area contributed by atoms with Gasteiger partial charge in [0.1, 0.15) is 5.75 Å². The summed E-state index contributed by atoms with van der Waals surface area (Å²) in [6.07, 6.45) is 5.95. The Balaban J connectivity index is 1.39. The van der Waals surface area contributed by atoms with Crippen LogP contribution in [-0.2, 0) is 11.2 Å². The van der Waals surface area contributed by atoms with E-state index in [9.17, 15) is 22.8 Å². The van der Waals surface area contributed by atoms with Crippen molar-refractivity contribution in [3.05, 3.63) is 71.2 Å². The van der Waals surface area contributed by atoms with Gasteiger partial charge in [0.25, 0.3) is 0 Å². The van der Waals surface area contributed by atoms with Gasteiger partial charge in [0.2, 0.25) is 10.8 Å². The zero-order valence-corrected chi connectivity index (χ0v) is 22.0. The van der Waals surface area contributed by atoms with Crippen molar-refractivity contribution in [1.82, 2.24) is 4.98 Å². The number of thioether (sulfide) groups is 1. The summed E-state index contributed by atoms with van der Waals surface area (Å²) >= 11 is 1.33. The minimum atomic E-state index is -4.35. The number of pyridine rings is 1. The molecular weight excluding hydrogens is 515 g/mol. The second kappa shape index (κ2) is 14.8. The first-order valence-electron chi connectivity index (χ1n) is 12.8. The topological polar surface area (TPSA) is 69.4 Å². The van der Waals surface area contributed by atoms with E-state index in [0.717, 1.165) is 44.1 Å². The lowest BCUT2D eigenvalue weighted by atomic mass is 10.1. The summed E-state index contributed by atoms with van der Waals surface area (Å²) in [5.41, 5.74) is 0.227. The molecule has 1 aromatic carbocycles. The van der Waals surface area contributed by atoms with Gasteiger partial charge in [-0.3, -0.25) is 4.79 Å². The summed E-state index contributed by atoms with van der Waals surface area (Å²) in [6.45, 7) is 4.06. The summed E-state index contributed by atoms with van der Waals surface area (Å²) in [5.74, 6) is 1.54. The van der Waals surface area contributed by atoms with Crippen molar-refractivity contribution in [2.75, 3.05) is 12.4 Å². The first kappa shape index (κ1) is 29.5. The van der Waals surface area contributed by atoms with E-state index in [4.69, 9.17) is 9.15 Å². The van der Waals surface area contributed by atoms with Gasteiger partial charge in [-0.15, -0.1) is 0 Å². The van der Waals surface area contributed by atoms with E-state index in [2.05, 4.69) is 11.6 Å². The van der Waals surface area contributed by atoms with E-state index >= 15 is 0 Å². The number of alkyl halides is 3. The fourth-order valence-electron chi connectivity index (χ4n) is 4.01. The molecule has 0 saturated carbocycles. The highest BCUT2D eigenvalue weighted by Crippen LogP contribution is 2.26. The van der Waals surface area contributed by atoms with Gasteiger partial charge in [-0.05, 0) is 54.3 Å². The second-order valence-corrected chi connectivity index (χ2v) is 10.1. The SMILES string of the molecule is C=CC(=O)SCCCCCCCCCCOc1ccc(-c2cc3cc(CC(F)(F)F)cnc3oc2=O)cc1. The van der Waals surface area contributed by atoms with Crippen molar-refractivity contribution in [1.29, 1.82) is 0 Å². The average molecular weight is 548 g/mol. The summed E-state index contributed by atoms with van der Waals surface area (Å²) in [6, 6.07) is 9.83. The summed E-state index contributed by atoms with van der Waals surface area (Å²) in [5, 5.41) is 0.378. The zero-order valence-electron chi connectivity index (χ0n) is 21.2. The Morgan fingerprint density at radius 3 is 2.32 bits per heavy atom. The van der Waals surface area contributed by atoms with Crippen LogP contribution in [0.25, 0.3) is 22.2 Å². The molecule has 0 saturated heterocycles. The normalized spacial score (nSPS) is 11.6. The predicted octanol–water partition coefficient (Wildman–Crippen LogP) is 7.91. The number of fused-ring (bicyclic) bond motifs is 1. The van der Waals surface area contributed by atoms with E-state index in [1.165, 1.54) is 49.2 Å². The highest BCUT2D eigenvalue weighted by Gasteiger charge is 2.28. The van der Waals surface area contributed by atoms with Crippen LogP contribution >= 0.6 is 11.8 Å². The first-order chi connectivity index (χ1) is 18.2. The van der Waals surface area contributed by atoms with E-state index in [1.54, 1.807) is 24.3 Å². The third kappa shape index (κ3) is 10.0. The zero-order chi connectivity index (χ0) is 27.4. The largest absolute Gasteiger partial charge is 0.494 e. The van der Waals surface area contributed by atoms with Crippen LogP contribution in [0.1, 0.15) is 56.9 Å². The van der Waals surface area contributed by atoms with Crippen molar-refractivity contribution in [2.24, 2.45) is 0 Å². The monoisotopic (exact) mass is 547 g/mol. The van der Waals surface area contributed by atoms with Crippen molar-refractivity contribution in [3.8, 4) is 16.9 Å². The number of benzene rings is 1. The molecule has 0 aliphatic carbocycles. The fourth-order valence-corrected chi connectivity index (χ4v) is 4.67. The van der Waals surface area contributed by atoms with Gasteiger partial charge in [-0.2, -0.15) is 13.2 Å². The van der Waals surface area contributed by atoms with Crippen molar-refractivity contribution in [3.63, 3.8) is 0 Å². The van der Waals surface area contributed by atoms with Gasteiger partial charge < -0.3 is 9.15 Å². The molecule has 0 aliphatic rings. The van der Waals surface area contributed by atoms with Crippen LogP contribution < -0.4 is 10.4 Å². The van der Waals surface area contributed by atoms with Crippen LogP contribution in [0.5, 0.6) is 5.75 Å². The molecule has 9 heteroatoms. The second-order valence-electron chi connectivity index (χ2n) is 9.05. The number of carbonyl (C=O) groups is 1. The third-order valence-electron chi connectivity index (χ3n) is 5.93. The number of hydrogen-bond acceptors (Lipinski definition) is 6. The van der Waals surface area contributed by atoms with Crippen LogP contribution in [0.15, 0.2) is 64.5 Å². The lowest BCUT2D eigenvalue weighted by Crippen LogP contribution is -2.12. The number of aromatic nitrogens is 1. The lowest BCUT2D eigenvalue weighted by molar-refractivity contribution is -0.127. The number of nitrogens with zero attached hydrogens (tertiary/aromatic N) is 1. The molecule has 0 unspecified atom stereocenters. The molecular formula is C29H32F3NO4S. The number of halogens is 3. The molecule has 0 atom stereocenters. The number of rotatable bonds is 15. The molecule has 3 rings (SSSR count). The van der Waals surface area contributed by atoms with Gasteiger partial charge in [0.15, 0.2) is 0 Å². The molecule has 0 spiro atoms. The Labute approximate surface area is 224 Å². The van der Waals surface area contributed by atoms with Crippen molar-refractivity contribution < 1.29 is 27.1 Å². The summed E-state index contributed by atoms with van der Waals surface area (Å²) < 4.78 is 49.2. The molecule has 0 aliphatic heterocycles. The third-order valence-corrected chi connectivity index (χ3v) is 6.88. The number of ether oxygens (including phenoxy) is 1. The van der Waals surface area contributed by atoms with E-state index in [1.807, 2.05) is 0 Å². The standard InChI is InChI=1S/C29H32F3NO4S/c1-2-26(34)38-16-10-8-6-4-3-5-7-9-15-36-24-13-11-22(12-14-24)25-18-23-17-21(19-29(30,31)32)20-33-27(23)37-28(25)35/h2,11-14,17-18,20H,1,3-10,15-16,19H2. The fraction of sp³-hybridized carbons (Fsp3) is 0.414. The van der Waals surface area contributed by atoms with Crippen LogP contribution in [-0.4, -0.2) is 28.6 Å². The molecule has 0 fully saturated rings. The number of unbranched alkanes of at least 4 members (excludes halogenated alkanes) is 7. The highest BCUT2D eigenvalue weighted by atomic mass is 32.2. The molecule has 2 aromatic heterocycles. The van der Waals surface area contributed by atoms with E-state index in [-0.39, 0.29) is 22.0 Å². The Morgan fingerprint density at radius 1 is 1.00 bits per heavy atom. The minimum Gasteiger partial charge on any atom is -0.494 e. The molecule has 0 radical (unpaired) electrons. The van der Waals surface area contributed by atoms with Gasteiger partial charge in [0, 0.05) is 17.3 Å². The lowest BCUT2D eigenvalue weighted by Gasteiger charge is -2.08. The maximum absolute atomic E-state index is 12.7. The molecule has 204 valence electrons. The van der Waals surface area contributed by atoms with Gasteiger partial charge >= 0.3 is 11.8 Å². The molecule has 0 amide bonds. The van der Waals surface area contributed by atoms with Gasteiger partial charge in [0.05, 0.1) is 18.6 Å². The Hall–Kier alpha value is -3.07. The maximum Gasteiger partial charge on any atom is 0.393 e. The first-order valence-corrected chi connectivity index (χ1v) is 13.8. The molecule has 0 bridgehead atoms. The quantitative estimate of drug-likeness (QED) is 0.142. The summed E-state index contributed by atoms with van der Waals surface area (Å²) in [7, 11) is 0. The molecule has 2 heterocycles. The number of carbonyl (C=O) groups excluding carboxylic acids is 1. The highest BCUT2D eigenvalue weighted by molar-refractivity contribution is 8.14. The Bertz CT molecular complexity index is 1260. The van der Waals surface area contributed by atoms with Gasteiger partial charge in [-0.25, -0.2) is 9.78 Å². The smallest absolute Gasteiger partial charge is 0.393 e. The summed E-state index contributed by atoms with van der Waals surface area (Å²) in [4.78, 5) is 27.4. The molecule has 3 aromatic rings. The maximum atomic E-state index is 12.7. The van der Waals surface area contributed by atoms with Crippen molar-refractivity contribution in [2.45, 2.75) is 64.0 Å². The van der Waals surface area contributed by atoms with Crippen LogP contribution in [0.3, 0.4) is 0 Å². The average Bonchev–Trinajstić information content (AvgIpc) is 2.88. The van der Waals surface area contributed by atoms with Crippen LogP contribution in [0.4, 0.5) is 13.2 Å². The molecule has 0 N–H and O–H groups in total. The number of hydrogen-bond donors (Lipinski definition) is 0. The predicted molar refractivity (Wildman–Crippen MR) is 146 cm³/mol. The Morgan fingerprint density at radius 2 is 1.66 bits per heavy atom. The van der Waals surface area contributed by atoms with E-state index in [0.29, 0.717) is 23.3 Å².